The number of para-hydroxylation sites is 1. The normalized spacial score (nSPS) is 31.2. The molecule has 2 aromatic carbocycles. The molecule has 1 atom stereocenters. The summed E-state index contributed by atoms with van der Waals surface area (Å²) in [6.45, 7) is 4.02. The number of benzene rings is 2. The van der Waals surface area contributed by atoms with Gasteiger partial charge in [0, 0.05) is 23.6 Å². The first kappa shape index (κ1) is 22.5. The number of amides is 2. The Labute approximate surface area is 208 Å². The van der Waals surface area contributed by atoms with Gasteiger partial charge in [-0.15, -0.1) is 0 Å². The first-order valence-electron chi connectivity index (χ1n) is 13.3. The smallest absolute Gasteiger partial charge is 0.272 e. The Kier molecular flexibility index (Phi) is 5.54. The lowest BCUT2D eigenvalue weighted by atomic mass is 9.49. The summed E-state index contributed by atoms with van der Waals surface area (Å²) in [5.41, 5.74) is 3.57. The molecule has 5 nitrogen and oxygen atoms in total. The van der Waals surface area contributed by atoms with Crippen molar-refractivity contribution in [1.29, 1.82) is 0 Å². The van der Waals surface area contributed by atoms with Crippen molar-refractivity contribution in [2.45, 2.75) is 71.0 Å². The van der Waals surface area contributed by atoms with E-state index in [1.54, 1.807) is 4.90 Å². The Morgan fingerprint density at radius 1 is 0.971 bits per heavy atom. The number of carbonyl (C=O) groups is 2. The topological polar surface area (TPSA) is 61.8 Å². The minimum atomic E-state index is -0.929. The number of hydrogen-bond donors (Lipinski definition) is 1. The summed E-state index contributed by atoms with van der Waals surface area (Å²) in [5.74, 6) is 2.18. The molecule has 2 aromatic rings. The molecule has 0 aromatic heterocycles. The summed E-state index contributed by atoms with van der Waals surface area (Å²) in [4.78, 5) is 34.0. The van der Waals surface area contributed by atoms with Gasteiger partial charge in [0.2, 0.25) is 12.1 Å². The quantitative estimate of drug-likeness (QED) is 0.644. The minimum absolute atomic E-state index is 0.0314. The molecule has 0 radical (unpaired) electrons. The second kappa shape index (κ2) is 8.61. The van der Waals surface area contributed by atoms with Crippen LogP contribution in [0.2, 0.25) is 0 Å². The molecule has 5 aliphatic rings. The Morgan fingerprint density at radius 2 is 1.57 bits per heavy atom. The van der Waals surface area contributed by atoms with Crippen LogP contribution in [0.1, 0.15) is 69.9 Å². The van der Waals surface area contributed by atoms with Gasteiger partial charge in [0.15, 0.2) is 0 Å². The minimum Gasteiger partial charge on any atom is -0.327 e. The molecule has 0 saturated heterocycles. The molecule has 4 bridgehead atoms. The van der Waals surface area contributed by atoms with Gasteiger partial charge in [-0.25, -0.2) is 4.99 Å². The first-order chi connectivity index (χ1) is 16.9. The van der Waals surface area contributed by atoms with E-state index in [9.17, 15) is 9.59 Å². The lowest BCUT2D eigenvalue weighted by Crippen LogP contribution is -2.52. The van der Waals surface area contributed by atoms with Crippen LogP contribution in [0.5, 0.6) is 0 Å². The van der Waals surface area contributed by atoms with Crippen molar-refractivity contribution in [3.63, 3.8) is 0 Å². The van der Waals surface area contributed by atoms with Crippen molar-refractivity contribution in [2.75, 3.05) is 4.90 Å². The molecule has 1 N–H and O–H groups in total. The Bertz CT molecular complexity index is 1130. The molecule has 35 heavy (non-hydrogen) atoms. The summed E-state index contributed by atoms with van der Waals surface area (Å²) in [6, 6.07) is 17.8. The molecule has 4 fully saturated rings. The van der Waals surface area contributed by atoms with Crippen LogP contribution in [-0.4, -0.2) is 29.7 Å². The summed E-state index contributed by atoms with van der Waals surface area (Å²) in [6.07, 6.45) is 7.18. The standard InChI is InChI=1S/C30H35N3O2/c1-19(2)33-25-11-7-6-10-24(25)27(23-8-4-3-5-9-23)32-28(29(33)35)31-26(34)18-30-15-20-12-21(16-30)14-22(13-20)17-30/h3-11,19-22,28H,12-18H2,1-2H3,(H,31,34)/t20?,21?,22?,28-,30?/m1/s1. The molecule has 1 heterocycles. The van der Waals surface area contributed by atoms with E-state index < -0.39 is 6.17 Å². The predicted octanol–water partition coefficient (Wildman–Crippen LogP) is 5.33. The third kappa shape index (κ3) is 4.09. The monoisotopic (exact) mass is 469 g/mol. The van der Waals surface area contributed by atoms with Gasteiger partial charge in [-0.1, -0.05) is 48.5 Å². The molecular weight excluding hydrogens is 434 g/mol. The molecule has 0 unspecified atom stereocenters. The van der Waals surface area contributed by atoms with Crippen molar-refractivity contribution in [3.05, 3.63) is 65.7 Å². The molecular formula is C30H35N3O2. The van der Waals surface area contributed by atoms with Crippen LogP contribution in [0.15, 0.2) is 59.6 Å². The van der Waals surface area contributed by atoms with Crippen LogP contribution >= 0.6 is 0 Å². The molecule has 1 aliphatic heterocycles. The van der Waals surface area contributed by atoms with E-state index in [-0.39, 0.29) is 23.3 Å². The Hall–Kier alpha value is -2.95. The second-order valence-corrected chi connectivity index (χ2v) is 11.7. The summed E-state index contributed by atoms with van der Waals surface area (Å²) in [7, 11) is 0. The summed E-state index contributed by atoms with van der Waals surface area (Å²) >= 11 is 0. The van der Waals surface area contributed by atoms with E-state index in [1.165, 1.54) is 38.5 Å². The van der Waals surface area contributed by atoms with Gasteiger partial charge < -0.3 is 10.2 Å². The van der Waals surface area contributed by atoms with Crippen molar-refractivity contribution >= 4 is 23.2 Å². The SMILES string of the molecule is CC(C)N1C(=O)[C@H](NC(=O)CC23CC4CC(CC(C4)C2)C3)N=C(c2ccccc2)c2ccccc21. The van der Waals surface area contributed by atoms with Crippen molar-refractivity contribution < 1.29 is 9.59 Å². The maximum absolute atomic E-state index is 13.8. The van der Waals surface area contributed by atoms with Crippen LogP contribution in [0.4, 0.5) is 5.69 Å². The van der Waals surface area contributed by atoms with Crippen LogP contribution in [0, 0.1) is 23.2 Å². The van der Waals surface area contributed by atoms with E-state index in [0.717, 1.165) is 40.3 Å². The third-order valence-electron chi connectivity index (χ3n) is 8.71. The van der Waals surface area contributed by atoms with E-state index in [2.05, 4.69) is 5.32 Å². The highest BCUT2D eigenvalue weighted by molar-refractivity contribution is 6.20. The maximum Gasteiger partial charge on any atom is 0.272 e. The number of rotatable bonds is 5. The zero-order valence-electron chi connectivity index (χ0n) is 20.7. The van der Waals surface area contributed by atoms with Crippen molar-refractivity contribution in [2.24, 2.45) is 28.2 Å². The van der Waals surface area contributed by atoms with Gasteiger partial charge in [-0.2, -0.15) is 0 Å². The van der Waals surface area contributed by atoms with E-state index in [1.807, 2.05) is 68.4 Å². The molecule has 5 heteroatoms. The van der Waals surface area contributed by atoms with Gasteiger partial charge in [-0.05, 0) is 81.6 Å². The van der Waals surface area contributed by atoms with Crippen LogP contribution in [0.25, 0.3) is 0 Å². The Balaban J connectivity index is 1.33. The van der Waals surface area contributed by atoms with Gasteiger partial charge in [-0.3, -0.25) is 9.59 Å². The molecule has 4 saturated carbocycles. The number of aliphatic imine (C=N–C) groups is 1. The van der Waals surface area contributed by atoms with Gasteiger partial charge >= 0.3 is 0 Å². The summed E-state index contributed by atoms with van der Waals surface area (Å²) < 4.78 is 0. The number of nitrogens with zero attached hydrogens (tertiary/aromatic N) is 2. The van der Waals surface area contributed by atoms with E-state index >= 15 is 0 Å². The average Bonchev–Trinajstić information content (AvgIpc) is 2.93. The molecule has 0 spiro atoms. The highest BCUT2D eigenvalue weighted by atomic mass is 16.2. The average molecular weight is 470 g/mol. The van der Waals surface area contributed by atoms with Gasteiger partial charge in [0.1, 0.15) is 0 Å². The maximum atomic E-state index is 13.8. The van der Waals surface area contributed by atoms with Gasteiger partial charge in [0.25, 0.3) is 5.91 Å². The lowest BCUT2D eigenvalue weighted by molar-refractivity contribution is -0.133. The number of benzodiazepines with no additional fused rings is 1. The third-order valence-corrected chi connectivity index (χ3v) is 8.71. The van der Waals surface area contributed by atoms with Crippen LogP contribution in [-0.2, 0) is 9.59 Å². The molecule has 182 valence electrons. The fourth-order valence-corrected chi connectivity index (χ4v) is 7.89. The zero-order chi connectivity index (χ0) is 24.2. The van der Waals surface area contributed by atoms with E-state index in [0.29, 0.717) is 6.42 Å². The highest BCUT2D eigenvalue weighted by Gasteiger charge is 2.51. The number of nitrogens with one attached hydrogen (secondary N) is 1. The zero-order valence-corrected chi connectivity index (χ0v) is 20.7. The molecule has 2 amide bonds. The Morgan fingerprint density at radius 3 is 2.20 bits per heavy atom. The number of fused-ring (bicyclic) bond motifs is 1. The van der Waals surface area contributed by atoms with Gasteiger partial charge in [0.05, 0.1) is 11.4 Å². The lowest BCUT2D eigenvalue weighted by Gasteiger charge is -2.56. The van der Waals surface area contributed by atoms with Crippen LogP contribution < -0.4 is 10.2 Å². The van der Waals surface area contributed by atoms with Crippen molar-refractivity contribution in [3.8, 4) is 0 Å². The molecule has 4 aliphatic carbocycles. The van der Waals surface area contributed by atoms with E-state index in [4.69, 9.17) is 4.99 Å². The fraction of sp³-hybridized carbons (Fsp3) is 0.500. The number of anilines is 1. The number of carbonyl (C=O) groups excluding carboxylic acids is 2. The van der Waals surface area contributed by atoms with Crippen LogP contribution in [0.3, 0.4) is 0 Å². The summed E-state index contributed by atoms with van der Waals surface area (Å²) in [5, 5.41) is 3.09. The first-order valence-corrected chi connectivity index (χ1v) is 13.3. The largest absolute Gasteiger partial charge is 0.327 e. The second-order valence-electron chi connectivity index (χ2n) is 11.7. The predicted molar refractivity (Wildman–Crippen MR) is 138 cm³/mol. The molecule has 7 rings (SSSR count). The van der Waals surface area contributed by atoms with Crippen molar-refractivity contribution in [1.82, 2.24) is 5.32 Å². The highest BCUT2D eigenvalue weighted by Crippen LogP contribution is 2.61. The number of hydrogen-bond acceptors (Lipinski definition) is 3. The fourth-order valence-electron chi connectivity index (χ4n) is 7.89.